The van der Waals surface area contributed by atoms with Crippen LogP contribution in [0.15, 0.2) is 71.4 Å². The molecule has 0 saturated heterocycles. The van der Waals surface area contributed by atoms with Crippen LogP contribution >= 0.6 is 11.3 Å². The second-order valence-corrected chi connectivity index (χ2v) is 6.95. The molecule has 0 saturated carbocycles. The van der Waals surface area contributed by atoms with Crippen LogP contribution in [0.25, 0.3) is 17.2 Å². The summed E-state index contributed by atoms with van der Waals surface area (Å²) in [7, 11) is 0. The predicted molar refractivity (Wildman–Crippen MR) is 106 cm³/mol. The number of nitrogens with one attached hydrogen (secondary N) is 1. The van der Waals surface area contributed by atoms with E-state index >= 15 is 0 Å². The highest BCUT2D eigenvalue weighted by molar-refractivity contribution is 7.08. The molecule has 4 rings (SSSR count). The molecule has 3 nitrogen and oxygen atoms in total. The fraction of sp³-hybridized carbons (Fsp3) is 0.136. The second kappa shape index (κ2) is 7.58. The van der Waals surface area contributed by atoms with Gasteiger partial charge in [-0.05, 0) is 44.6 Å². The normalized spacial score (nSPS) is 12.8. The molecule has 0 bridgehead atoms. The van der Waals surface area contributed by atoms with Gasteiger partial charge in [0, 0.05) is 12.5 Å². The number of carbonyl (C=O) groups is 1. The molecular formula is C22H19NO2S. The third-order valence-corrected chi connectivity index (χ3v) is 5.26. The van der Waals surface area contributed by atoms with Crippen molar-refractivity contribution >= 4 is 23.5 Å². The summed E-state index contributed by atoms with van der Waals surface area (Å²) >= 11 is 1.65. The number of amides is 1. The molecule has 0 spiro atoms. The van der Waals surface area contributed by atoms with Gasteiger partial charge in [-0.15, -0.1) is 0 Å². The Hall–Kier alpha value is -2.85. The minimum atomic E-state index is -0.387. The maximum absolute atomic E-state index is 12.0. The van der Waals surface area contributed by atoms with Crippen LogP contribution in [0.5, 0.6) is 0 Å². The highest BCUT2D eigenvalue weighted by Gasteiger charge is 2.28. The number of fused-ring (bicyclic) bond motifs is 3. The molecule has 1 aromatic heterocycles. The van der Waals surface area contributed by atoms with Crippen molar-refractivity contribution < 1.29 is 9.53 Å². The standard InChI is InChI=1S/C22H19NO2S/c24-22(23-12-5-6-16-11-13-26-15-16)25-14-21-19-9-3-1-7-17(19)18-8-2-4-10-20(18)21/h1-11,13,15,21H,12,14H2,(H,23,24). The van der Waals surface area contributed by atoms with Crippen LogP contribution in [0.4, 0.5) is 4.79 Å². The average molecular weight is 361 g/mol. The number of benzene rings is 2. The van der Waals surface area contributed by atoms with E-state index in [1.54, 1.807) is 11.3 Å². The number of thiophene rings is 1. The third-order valence-electron chi connectivity index (χ3n) is 4.56. The van der Waals surface area contributed by atoms with Gasteiger partial charge in [-0.25, -0.2) is 4.79 Å². The fourth-order valence-electron chi connectivity index (χ4n) is 3.36. The van der Waals surface area contributed by atoms with E-state index in [9.17, 15) is 4.79 Å². The monoisotopic (exact) mass is 361 g/mol. The number of ether oxygens (including phenoxy) is 1. The largest absolute Gasteiger partial charge is 0.449 e. The maximum atomic E-state index is 12.0. The van der Waals surface area contributed by atoms with Crippen LogP contribution in [0.2, 0.25) is 0 Å². The predicted octanol–water partition coefficient (Wildman–Crippen LogP) is 5.30. The number of rotatable bonds is 5. The molecular weight excluding hydrogens is 342 g/mol. The summed E-state index contributed by atoms with van der Waals surface area (Å²) in [6.07, 6.45) is 3.52. The molecule has 130 valence electrons. The van der Waals surface area contributed by atoms with Crippen molar-refractivity contribution in [3.63, 3.8) is 0 Å². The van der Waals surface area contributed by atoms with E-state index in [0.29, 0.717) is 13.2 Å². The summed E-state index contributed by atoms with van der Waals surface area (Å²) in [5.74, 6) is 0.0921. The van der Waals surface area contributed by atoms with Crippen molar-refractivity contribution in [2.45, 2.75) is 5.92 Å². The molecule has 0 unspecified atom stereocenters. The van der Waals surface area contributed by atoms with Crippen LogP contribution in [0, 0.1) is 0 Å². The molecule has 3 aromatic rings. The van der Waals surface area contributed by atoms with Gasteiger partial charge in [0.05, 0.1) is 0 Å². The molecule has 2 aromatic carbocycles. The molecule has 4 heteroatoms. The van der Waals surface area contributed by atoms with E-state index in [4.69, 9.17) is 4.74 Å². The molecule has 0 atom stereocenters. The molecule has 0 radical (unpaired) electrons. The van der Waals surface area contributed by atoms with Crippen LogP contribution in [0.3, 0.4) is 0 Å². The van der Waals surface area contributed by atoms with Gasteiger partial charge < -0.3 is 10.1 Å². The molecule has 1 heterocycles. The lowest BCUT2D eigenvalue weighted by atomic mass is 9.98. The summed E-state index contributed by atoms with van der Waals surface area (Å²) in [5.41, 5.74) is 6.05. The van der Waals surface area contributed by atoms with E-state index in [1.807, 2.05) is 47.9 Å². The average Bonchev–Trinajstić information content (AvgIpc) is 3.30. The van der Waals surface area contributed by atoms with Crippen molar-refractivity contribution in [2.75, 3.05) is 13.2 Å². The van der Waals surface area contributed by atoms with Crippen molar-refractivity contribution in [1.29, 1.82) is 0 Å². The first-order chi connectivity index (χ1) is 12.8. The van der Waals surface area contributed by atoms with Gasteiger partial charge in [0.1, 0.15) is 6.61 Å². The van der Waals surface area contributed by atoms with Gasteiger partial charge in [0.15, 0.2) is 0 Å². The molecule has 0 fully saturated rings. The van der Waals surface area contributed by atoms with Crippen molar-refractivity contribution in [1.82, 2.24) is 5.32 Å². The van der Waals surface area contributed by atoms with Gasteiger partial charge in [-0.1, -0.05) is 60.7 Å². The molecule has 1 aliphatic rings. The van der Waals surface area contributed by atoms with Crippen molar-refractivity contribution in [3.05, 3.63) is 88.1 Å². The second-order valence-electron chi connectivity index (χ2n) is 6.17. The maximum Gasteiger partial charge on any atom is 0.407 e. The molecule has 1 amide bonds. The Bertz CT molecular complexity index is 885. The van der Waals surface area contributed by atoms with Crippen LogP contribution in [0.1, 0.15) is 22.6 Å². The third kappa shape index (κ3) is 3.41. The fourth-order valence-corrected chi connectivity index (χ4v) is 3.99. The summed E-state index contributed by atoms with van der Waals surface area (Å²) < 4.78 is 5.50. The number of carbonyl (C=O) groups excluding carboxylic acids is 1. The van der Waals surface area contributed by atoms with Crippen molar-refractivity contribution in [3.8, 4) is 11.1 Å². The van der Waals surface area contributed by atoms with Crippen LogP contribution in [-0.4, -0.2) is 19.2 Å². The molecule has 1 N–H and O–H groups in total. The van der Waals surface area contributed by atoms with Gasteiger partial charge in [0.25, 0.3) is 0 Å². The SMILES string of the molecule is O=C(NCC=Cc1ccsc1)OCC1c2ccccc2-c2ccccc21. The highest BCUT2D eigenvalue weighted by Crippen LogP contribution is 2.44. The highest BCUT2D eigenvalue weighted by atomic mass is 32.1. The topological polar surface area (TPSA) is 38.3 Å². The van der Waals surface area contributed by atoms with Gasteiger partial charge >= 0.3 is 6.09 Å². The van der Waals surface area contributed by atoms with Crippen LogP contribution < -0.4 is 5.32 Å². The summed E-state index contributed by atoms with van der Waals surface area (Å²) in [4.78, 5) is 12.0. The van der Waals surface area contributed by atoms with Gasteiger partial charge in [-0.2, -0.15) is 11.3 Å². The minimum absolute atomic E-state index is 0.0921. The zero-order valence-corrected chi connectivity index (χ0v) is 15.0. The minimum Gasteiger partial charge on any atom is -0.449 e. The smallest absolute Gasteiger partial charge is 0.407 e. The number of hydrogen-bond donors (Lipinski definition) is 1. The Morgan fingerprint density at radius 1 is 1.04 bits per heavy atom. The molecule has 1 aliphatic carbocycles. The Labute approximate surface area is 157 Å². The van der Waals surface area contributed by atoms with Crippen molar-refractivity contribution in [2.24, 2.45) is 0 Å². The van der Waals surface area contributed by atoms with E-state index < -0.39 is 0 Å². The quantitative estimate of drug-likeness (QED) is 0.670. The van der Waals surface area contributed by atoms with E-state index in [0.717, 1.165) is 5.56 Å². The summed E-state index contributed by atoms with van der Waals surface area (Å²) in [6, 6.07) is 18.7. The lowest BCUT2D eigenvalue weighted by Gasteiger charge is -2.14. The Morgan fingerprint density at radius 2 is 1.73 bits per heavy atom. The summed E-state index contributed by atoms with van der Waals surface area (Å²) in [6.45, 7) is 0.792. The van der Waals surface area contributed by atoms with Gasteiger partial charge in [0.2, 0.25) is 0 Å². The first-order valence-electron chi connectivity index (χ1n) is 8.60. The van der Waals surface area contributed by atoms with E-state index in [-0.39, 0.29) is 12.0 Å². The zero-order chi connectivity index (χ0) is 17.8. The Morgan fingerprint density at radius 3 is 2.38 bits per heavy atom. The summed E-state index contributed by atoms with van der Waals surface area (Å²) in [5, 5.41) is 6.86. The van der Waals surface area contributed by atoms with Gasteiger partial charge in [-0.3, -0.25) is 0 Å². The first kappa shape index (κ1) is 16.6. The lowest BCUT2D eigenvalue weighted by Crippen LogP contribution is -2.26. The van der Waals surface area contributed by atoms with E-state index in [1.165, 1.54) is 22.3 Å². The van der Waals surface area contributed by atoms with Crippen LogP contribution in [-0.2, 0) is 4.74 Å². The van der Waals surface area contributed by atoms with E-state index in [2.05, 4.69) is 35.0 Å². The number of hydrogen-bond acceptors (Lipinski definition) is 3. The molecule has 26 heavy (non-hydrogen) atoms. The lowest BCUT2D eigenvalue weighted by molar-refractivity contribution is 0.144. The Kier molecular flexibility index (Phi) is 4.84. The molecule has 0 aliphatic heterocycles. The zero-order valence-electron chi connectivity index (χ0n) is 14.2. The Balaban J connectivity index is 1.36. The number of alkyl carbamates (subject to hydrolysis) is 1. The first-order valence-corrected chi connectivity index (χ1v) is 9.55.